The highest BCUT2D eigenvalue weighted by molar-refractivity contribution is 7.09. The van der Waals surface area contributed by atoms with Crippen molar-refractivity contribution in [3.63, 3.8) is 0 Å². The molecular formula is C12H20N2OS. The fraction of sp³-hybridized carbons (Fsp3) is 0.750. The molecule has 1 heterocycles. The topological polar surface area (TPSA) is 45.1 Å². The monoisotopic (exact) mass is 240 g/mol. The van der Waals surface area contributed by atoms with Crippen LogP contribution in [-0.2, 0) is 6.42 Å². The lowest BCUT2D eigenvalue weighted by molar-refractivity contribution is -0.00311. The third-order valence-corrected chi connectivity index (χ3v) is 4.32. The summed E-state index contributed by atoms with van der Waals surface area (Å²) in [6, 6.07) is 0.581. The van der Waals surface area contributed by atoms with Crippen LogP contribution in [0.2, 0.25) is 0 Å². The molecule has 0 saturated heterocycles. The average molecular weight is 240 g/mol. The number of aryl methyl sites for hydroxylation is 1. The van der Waals surface area contributed by atoms with E-state index in [1.54, 1.807) is 11.3 Å². The summed E-state index contributed by atoms with van der Waals surface area (Å²) in [5.41, 5.74) is 0.529. The van der Waals surface area contributed by atoms with E-state index >= 15 is 0 Å². The van der Waals surface area contributed by atoms with Crippen LogP contribution >= 0.6 is 11.3 Å². The van der Waals surface area contributed by atoms with E-state index in [1.165, 1.54) is 0 Å². The molecule has 1 aromatic heterocycles. The first kappa shape index (κ1) is 12.0. The molecule has 4 heteroatoms. The first-order valence-electron chi connectivity index (χ1n) is 5.92. The lowest BCUT2D eigenvalue weighted by Crippen LogP contribution is -2.41. The smallest absolute Gasteiger partial charge is 0.0897 e. The molecule has 1 aliphatic rings. The molecule has 0 radical (unpaired) electrons. The van der Waals surface area contributed by atoms with Gasteiger partial charge in [0.25, 0.3) is 0 Å². The van der Waals surface area contributed by atoms with Crippen molar-refractivity contribution in [3.8, 4) is 0 Å². The minimum absolute atomic E-state index is 0.520. The quantitative estimate of drug-likeness (QED) is 0.848. The molecule has 16 heavy (non-hydrogen) atoms. The highest BCUT2D eigenvalue weighted by Gasteiger charge is 2.33. The minimum atomic E-state index is -0.520. The Morgan fingerprint density at radius 1 is 1.56 bits per heavy atom. The number of hydrogen-bond acceptors (Lipinski definition) is 4. The van der Waals surface area contributed by atoms with Crippen LogP contribution in [0.3, 0.4) is 0 Å². The third kappa shape index (κ3) is 2.81. The van der Waals surface area contributed by atoms with Gasteiger partial charge in [-0.2, -0.15) is 0 Å². The van der Waals surface area contributed by atoms with E-state index < -0.39 is 5.60 Å². The summed E-state index contributed by atoms with van der Waals surface area (Å²) in [6.45, 7) is 2.01. The van der Waals surface area contributed by atoms with Gasteiger partial charge in [-0.15, -0.1) is 11.3 Å². The van der Waals surface area contributed by atoms with E-state index in [-0.39, 0.29) is 0 Å². The van der Waals surface area contributed by atoms with Crippen LogP contribution in [-0.4, -0.2) is 28.8 Å². The first-order valence-corrected chi connectivity index (χ1v) is 6.80. The number of aromatic nitrogens is 1. The normalized spacial score (nSPS) is 30.6. The zero-order valence-corrected chi connectivity index (χ0v) is 10.8. The molecule has 1 saturated carbocycles. The molecule has 1 aliphatic carbocycles. The van der Waals surface area contributed by atoms with Crippen LogP contribution in [0.4, 0.5) is 0 Å². The van der Waals surface area contributed by atoms with Crippen molar-refractivity contribution < 1.29 is 5.11 Å². The molecular weight excluding hydrogens is 220 g/mol. The molecule has 0 unspecified atom stereocenters. The molecule has 0 aliphatic heterocycles. The zero-order chi connectivity index (χ0) is 11.6. The van der Waals surface area contributed by atoms with Gasteiger partial charge in [0.05, 0.1) is 16.3 Å². The summed E-state index contributed by atoms with van der Waals surface area (Å²) in [5.74, 6) is 0. The van der Waals surface area contributed by atoms with Crippen LogP contribution < -0.4 is 5.32 Å². The Labute approximate surface area is 101 Å². The average Bonchev–Trinajstić information content (AvgIpc) is 2.64. The van der Waals surface area contributed by atoms with Gasteiger partial charge in [-0.3, -0.25) is 0 Å². The van der Waals surface area contributed by atoms with Crippen LogP contribution in [0.1, 0.15) is 36.4 Å². The molecule has 1 fully saturated rings. The van der Waals surface area contributed by atoms with Gasteiger partial charge in [0.15, 0.2) is 0 Å². The van der Waals surface area contributed by atoms with Crippen LogP contribution in [0.5, 0.6) is 0 Å². The van der Waals surface area contributed by atoms with E-state index in [1.807, 2.05) is 14.0 Å². The second kappa shape index (κ2) is 4.82. The van der Waals surface area contributed by atoms with Crippen molar-refractivity contribution in [1.82, 2.24) is 10.3 Å². The summed E-state index contributed by atoms with van der Waals surface area (Å²) in [6.07, 6.45) is 4.62. The standard InChI is InChI=1S/C12H20N2OS/c1-9-14-11(8-16-9)7-12(15)5-3-10(13-2)4-6-12/h8,10,13,15H,3-7H2,1-2H3. The molecule has 0 bridgehead atoms. The lowest BCUT2D eigenvalue weighted by Gasteiger charge is -2.35. The highest BCUT2D eigenvalue weighted by atomic mass is 32.1. The van der Waals surface area contributed by atoms with E-state index in [0.717, 1.165) is 36.4 Å². The number of rotatable bonds is 3. The third-order valence-electron chi connectivity index (χ3n) is 3.50. The van der Waals surface area contributed by atoms with Crippen LogP contribution in [0.25, 0.3) is 0 Å². The molecule has 0 aromatic carbocycles. The summed E-state index contributed by atoms with van der Waals surface area (Å²) >= 11 is 1.66. The number of nitrogens with zero attached hydrogens (tertiary/aromatic N) is 1. The van der Waals surface area contributed by atoms with Crippen molar-refractivity contribution in [1.29, 1.82) is 0 Å². The van der Waals surface area contributed by atoms with Crippen molar-refractivity contribution in [2.75, 3.05) is 7.05 Å². The fourth-order valence-corrected chi connectivity index (χ4v) is 3.06. The lowest BCUT2D eigenvalue weighted by atomic mass is 9.79. The van der Waals surface area contributed by atoms with Crippen LogP contribution in [0.15, 0.2) is 5.38 Å². The Morgan fingerprint density at radius 2 is 2.25 bits per heavy atom. The molecule has 3 nitrogen and oxygen atoms in total. The van der Waals surface area contributed by atoms with Gasteiger partial charge in [0, 0.05) is 17.8 Å². The van der Waals surface area contributed by atoms with Crippen molar-refractivity contribution in [2.24, 2.45) is 0 Å². The second-order valence-electron chi connectivity index (χ2n) is 4.82. The first-order chi connectivity index (χ1) is 7.61. The summed E-state index contributed by atoms with van der Waals surface area (Å²) in [7, 11) is 2.00. The molecule has 0 spiro atoms. The van der Waals surface area contributed by atoms with E-state index in [2.05, 4.69) is 15.7 Å². The van der Waals surface area contributed by atoms with E-state index in [0.29, 0.717) is 12.5 Å². The largest absolute Gasteiger partial charge is 0.389 e. The molecule has 0 atom stereocenters. The summed E-state index contributed by atoms with van der Waals surface area (Å²) < 4.78 is 0. The maximum absolute atomic E-state index is 10.5. The maximum atomic E-state index is 10.5. The summed E-state index contributed by atoms with van der Waals surface area (Å²) in [4.78, 5) is 4.43. The Balaban J connectivity index is 1.94. The SMILES string of the molecule is CNC1CCC(O)(Cc2csc(C)n2)CC1. The Morgan fingerprint density at radius 3 is 2.75 bits per heavy atom. The number of nitrogens with one attached hydrogen (secondary N) is 1. The molecule has 2 rings (SSSR count). The van der Waals surface area contributed by atoms with Gasteiger partial charge in [-0.1, -0.05) is 0 Å². The molecule has 1 aromatic rings. The Bertz CT molecular complexity index is 343. The molecule has 90 valence electrons. The second-order valence-corrected chi connectivity index (χ2v) is 5.88. The van der Waals surface area contributed by atoms with Gasteiger partial charge in [0.1, 0.15) is 0 Å². The minimum Gasteiger partial charge on any atom is -0.389 e. The van der Waals surface area contributed by atoms with Crippen molar-refractivity contribution in [2.45, 2.75) is 50.7 Å². The maximum Gasteiger partial charge on any atom is 0.0897 e. The van der Waals surface area contributed by atoms with Crippen LogP contribution in [0, 0.1) is 6.92 Å². The van der Waals surface area contributed by atoms with E-state index in [9.17, 15) is 5.11 Å². The summed E-state index contributed by atoms with van der Waals surface area (Å²) in [5, 5.41) is 16.9. The highest BCUT2D eigenvalue weighted by Crippen LogP contribution is 2.31. The molecule has 2 N–H and O–H groups in total. The van der Waals surface area contributed by atoms with Gasteiger partial charge in [-0.05, 0) is 39.7 Å². The van der Waals surface area contributed by atoms with Crippen molar-refractivity contribution >= 4 is 11.3 Å². The number of hydrogen-bond donors (Lipinski definition) is 2. The Hall–Kier alpha value is -0.450. The Kier molecular flexibility index (Phi) is 3.62. The van der Waals surface area contributed by atoms with Gasteiger partial charge in [0.2, 0.25) is 0 Å². The predicted molar refractivity (Wildman–Crippen MR) is 66.8 cm³/mol. The van der Waals surface area contributed by atoms with Gasteiger partial charge >= 0.3 is 0 Å². The molecule has 0 amide bonds. The van der Waals surface area contributed by atoms with Gasteiger partial charge < -0.3 is 10.4 Å². The number of aliphatic hydroxyl groups is 1. The zero-order valence-electron chi connectivity index (χ0n) is 9.99. The van der Waals surface area contributed by atoms with Gasteiger partial charge in [-0.25, -0.2) is 4.98 Å². The van der Waals surface area contributed by atoms with E-state index in [4.69, 9.17) is 0 Å². The number of thiazole rings is 1. The predicted octanol–water partition coefficient (Wildman–Crippen LogP) is 1.89. The fourth-order valence-electron chi connectivity index (χ4n) is 2.45. The van der Waals surface area contributed by atoms with Crippen molar-refractivity contribution in [3.05, 3.63) is 16.1 Å².